The lowest BCUT2D eigenvalue weighted by Gasteiger charge is -2.26. The monoisotopic (exact) mass is 296 g/mol. The Morgan fingerprint density at radius 3 is 2.62 bits per heavy atom. The molecule has 0 saturated heterocycles. The van der Waals surface area contributed by atoms with Crippen LogP contribution in [0.3, 0.4) is 0 Å². The first-order valence-electron chi connectivity index (χ1n) is 7.09. The minimum atomic E-state index is -0.237. The first-order chi connectivity index (χ1) is 9.89. The van der Waals surface area contributed by atoms with Gasteiger partial charge in [-0.1, -0.05) is 0 Å². The van der Waals surface area contributed by atoms with E-state index in [2.05, 4.69) is 20.5 Å². The Labute approximate surface area is 127 Å². The van der Waals surface area contributed by atoms with E-state index in [0.717, 1.165) is 11.7 Å². The van der Waals surface area contributed by atoms with Crippen molar-refractivity contribution in [2.45, 2.75) is 25.5 Å². The van der Waals surface area contributed by atoms with Crippen molar-refractivity contribution in [3.05, 3.63) is 24.2 Å². The van der Waals surface area contributed by atoms with Gasteiger partial charge in [-0.05, 0) is 40.1 Å². The molecule has 1 aromatic heterocycles. The smallest absolute Gasteiger partial charge is 0.191 e. The summed E-state index contributed by atoms with van der Waals surface area (Å²) in [5.74, 6) is 1.68. The molecule has 1 atom stereocenters. The van der Waals surface area contributed by atoms with Crippen LogP contribution in [0.2, 0.25) is 0 Å². The number of hydrogen-bond donors (Lipinski definition) is 2. The van der Waals surface area contributed by atoms with E-state index in [1.165, 1.54) is 0 Å². The summed E-state index contributed by atoms with van der Waals surface area (Å²) in [4.78, 5) is 6.34. The normalized spacial score (nSPS) is 14.3. The quantitative estimate of drug-likeness (QED) is 0.589. The molecule has 0 radical (unpaired) electrons. The van der Waals surface area contributed by atoms with Gasteiger partial charge in [0.2, 0.25) is 0 Å². The number of methoxy groups -OCH3 is 1. The predicted octanol–water partition coefficient (Wildman–Crippen LogP) is 1.47. The topological polar surface area (TPSA) is 62.0 Å². The SMILES string of the molecule is CN=C(NCC(c1ccco1)N(C)C)NCC(C)(C)OC. The fraction of sp³-hybridized carbons (Fsp3) is 0.667. The lowest BCUT2D eigenvalue weighted by Crippen LogP contribution is -2.47. The van der Waals surface area contributed by atoms with Crippen molar-refractivity contribution in [1.29, 1.82) is 0 Å². The molecule has 0 fully saturated rings. The first kappa shape index (κ1) is 17.5. The average molecular weight is 296 g/mol. The highest BCUT2D eigenvalue weighted by molar-refractivity contribution is 5.79. The fourth-order valence-corrected chi connectivity index (χ4v) is 1.80. The third kappa shape index (κ3) is 5.77. The molecule has 0 aromatic carbocycles. The highest BCUT2D eigenvalue weighted by Gasteiger charge is 2.19. The number of likely N-dealkylation sites (N-methyl/N-ethyl adjacent to an activating group) is 1. The van der Waals surface area contributed by atoms with Crippen molar-refractivity contribution in [2.24, 2.45) is 4.99 Å². The number of nitrogens with zero attached hydrogens (tertiary/aromatic N) is 2. The van der Waals surface area contributed by atoms with Gasteiger partial charge in [0, 0.05) is 27.2 Å². The van der Waals surface area contributed by atoms with Crippen LogP contribution in [0.15, 0.2) is 27.8 Å². The van der Waals surface area contributed by atoms with E-state index in [1.807, 2.05) is 40.1 Å². The van der Waals surface area contributed by atoms with Gasteiger partial charge in [0.1, 0.15) is 5.76 Å². The molecule has 0 bridgehead atoms. The zero-order valence-electron chi connectivity index (χ0n) is 13.9. The van der Waals surface area contributed by atoms with Crippen molar-refractivity contribution in [3.8, 4) is 0 Å². The lowest BCUT2D eigenvalue weighted by atomic mass is 10.1. The summed E-state index contributed by atoms with van der Waals surface area (Å²) in [5.41, 5.74) is -0.237. The number of nitrogens with one attached hydrogen (secondary N) is 2. The molecule has 120 valence electrons. The van der Waals surface area contributed by atoms with E-state index in [0.29, 0.717) is 13.1 Å². The number of hydrogen-bond acceptors (Lipinski definition) is 4. The van der Waals surface area contributed by atoms with Crippen LogP contribution in [0, 0.1) is 0 Å². The molecule has 6 heteroatoms. The second-order valence-electron chi connectivity index (χ2n) is 5.77. The minimum Gasteiger partial charge on any atom is -0.468 e. The number of aliphatic imine (C=N–C) groups is 1. The van der Waals surface area contributed by atoms with Crippen molar-refractivity contribution in [1.82, 2.24) is 15.5 Å². The summed E-state index contributed by atoms with van der Waals surface area (Å²) < 4.78 is 10.9. The van der Waals surface area contributed by atoms with Crippen molar-refractivity contribution >= 4 is 5.96 Å². The van der Waals surface area contributed by atoms with Crippen LogP contribution in [0.4, 0.5) is 0 Å². The number of furan rings is 1. The number of guanidine groups is 1. The Balaban J connectivity index is 2.54. The molecule has 0 aliphatic heterocycles. The van der Waals surface area contributed by atoms with Gasteiger partial charge in [-0.2, -0.15) is 0 Å². The zero-order chi connectivity index (χ0) is 15.9. The molecular weight excluding hydrogens is 268 g/mol. The Morgan fingerprint density at radius 2 is 2.14 bits per heavy atom. The maximum Gasteiger partial charge on any atom is 0.191 e. The lowest BCUT2D eigenvalue weighted by molar-refractivity contribution is 0.0268. The average Bonchev–Trinajstić information content (AvgIpc) is 2.96. The molecule has 21 heavy (non-hydrogen) atoms. The molecule has 0 saturated carbocycles. The van der Waals surface area contributed by atoms with Crippen LogP contribution < -0.4 is 10.6 Å². The fourth-order valence-electron chi connectivity index (χ4n) is 1.80. The van der Waals surface area contributed by atoms with Crippen LogP contribution in [-0.4, -0.2) is 57.8 Å². The van der Waals surface area contributed by atoms with Gasteiger partial charge in [0.05, 0.1) is 17.9 Å². The van der Waals surface area contributed by atoms with E-state index in [9.17, 15) is 0 Å². The van der Waals surface area contributed by atoms with Crippen LogP contribution >= 0.6 is 0 Å². The van der Waals surface area contributed by atoms with E-state index in [4.69, 9.17) is 9.15 Å². The molecule has 6 nitrogen and oxygen atoms in total. The molecular formula is C15H28N4O2. The molecule has 0 aliphatic rings. The Hall–Kier alpha value is -1.53. The summed E-state index contributed by atoms with van der Waals surface area (Å²) in [6, 6.07) is 4.03. The van der Waals surface area contributed by atoms with Crippen LogP contribution in [0.1, 0.15) is 25.6 Å². The molecule has 0 aliphatic carbocycles. The highest BCUT2D eigenvalue weighted by atomic mass is 16.5. The predicted molar refractivity (Wildman–Crippen MR) is 85.6 cm³/mol. The summed E-state index contributed by atoms with van der Waals surface area (Å²) in [7, 11) is 7.52. The number of rotatable bonds is 7. The first-order valence-corrected chi connectivity index (χ1v) is 7.09. The van der Waals surface area contributed by atoms with Crippen LogP contribution in [-0.2, 0) is 4.74 Å². The highest BCUT2D eigenvalue weighted by Crippen LogP contribution is 2.17. The standard InChI is InChI=1S/C15H28N4O2/c1-15(2,20-6)11-18-14(16-3)17-10-12(19(4)5)13-8-7-9-21-13/h7-9,12H,10-11H2,1-6H3,(H2,16,17,18). The summed E-state index contributed by atoms with van der Waals surface area (Å²) in [6.45, 7) is 5.43. The van der Waals surface area contributed by atoms with E-state index >= 15 is 0 Å². The third-order valence-electron chi connectivity index (χ3n) is 3.42. The Morgan fingerprint density at radius 1 is 1.43 bits per heavy atom. The number of ether oxygens (including phenoxy) is 1. The molecule has 1 aromatic rings. The molecule has 0 spiro atoms. The van der Waals surface area contributed by atoms with Gasteiger partial charge in [0.25, 0.3) is 0 Å². The van der Waals surface area contributed by atoms with Gasteiger partial charge in [-0.15, -0.1) is 0 Å². The van der Waals surface area contributed by atoms with Crippen LogP contribution in [0.5, 0.6) is 0 Å². The molecule has 1 rings (SSSR count). The largest absolute Gasteiger partial charge is 0.468 e. The molecule has 1 unspecified atom stereocenters. The zero-order valence-corrected chi connectivity index (χ0v) is 13.9. The van der Waals surface area contributed by atoms with E-state index in [1.54, 1.807) is 20.4 Å². The molecule has 0 amide bonds. The van der Waals surface area contributed by atoms with Crippen molar-refractivity contribution in [2.75, 3.05) is 41.3 Å². The maximum atomic E-state index is 5.49. The maximum absolute atomic E-state index is 5.49. The Kier molecular flexibility index (Phi) is 6.71. The van der Waals surface area contributed by atoms with Crippen molar-refractivity contribution in [3.63, 3.8) is 0 Å². The second-order valence-corrected chi connectivity index (χ2v) is 5.77. The molecule has 2 N–H and O–H groups in total. The minimum absolute atomic E-state index is 0.147. The van der Waals surface area contributed by atoms with E-state index < -0.39 is 0 Å². The third-order valence-corrected chi connectivity index (χ3v) is 3.42. The van der Waals surface area contributed by atoms with Gasteiger partial charge in [-0.25, -0.2) is 0 Å². The molecule has 1 heterocycles. The van der Waals surface area contributed by atoms with Crippen LogP contribution in [0.25, 0.3) is 0 Å². The van der Waals surface area contributed by atoms with Gasteiger partial charge >= 0.3 is 0 Å². The van der Waals surface area contributed by atoms with Gasteiger partial charge < -0.3 is 19.8 Å². The summed E-state index contributed by atoms with van der Waals surface area (Å²) >= 11 is 0. The summed E-state index contributed by atoms with van der Waals surface area (Å²) in [5, 5.41) is 6.58. The van der Waals surface area contributed by atoms with Gasteiger partial charge in [-0.3, -0.25) is 9.89 Å². The van der Waals surface area contributed by atoms with E-state index in [-0.39, 0.29) is 11.6 Å². The van der Waals surface area contributed by atoms with Gasteiger partial charge in [0.15, 0.2) is 5.96 Å². The van der Waals surface area contributed by atoms with Crippen molar-refractivity contribution < 1.29 is 9.15 Å². The second kappa shape index (κ2) is 8.05. The Bertz CT molecular complexity index is 427. The summed E-state index contributed by atoms with van der Waals surface area (Å²) in [6.07, 6.45) is 1.69.